The first-order valence-corrected chi connectivity index (χ1v) is 9.09. The number of alkyl carbamates (subject to hydrolysis) is 1. The fraction of sp³-hybridized carbons (Fsp3) is 0.476. The van der Waals surface area contributed by atoms with Crippen molar-refractivity contribution in [1.82, 2.24) is 10.6 Å². The van der Waals surface area contributed by atoms with E-state index < -0.39 is 17.7 Å². The first kappa shape index (κ1) is 22.4. The maximum atomic E-state index is 12.4. The maximum Gasteiger partial charge on any atom is 0.408 e. The van der Waals surface area contributed by atoms with Crippen molar-refractivity contribution in [2.75, 3.05) is 0 Å². The average Bonchev–Trinajstić information content (AvgIpc) is 2.56. The zero-order valence-electron chi connectivity index (χ0n) is 16.7. The second-order valence-electron chi connectivity index (χ2n) is 7.48. The molecule has 0 radical (unpaired) electrons. The summed E-state index contributed by atoms with van der Waals surface area (Å²) in [5.41, 5.74) is 0.510. The molecule has 1 aromatic rings. The van der Waals surface area contributed by atoms with Crippen molar-refractivity contribution in [2.45, 2.75) is 65.1 Å². The molecule has 1 aromatic carbocycles. The molecule has 0 saturated carbocycles. The molecule has 2 atom stereocenters. The Labute approximate surface area is 164 Å². The number of benzene rings is 1. The van der Waals surface area contributed by atoms with Gasteiger partial charge in [-0.05, 0) is 59.1 Å². The van der Waals surface area contributed by atoms with E-state index in [2.05, 4.69) is 10.6 Å². The van der Waals surface area contributed by atoms with Crippen molar-refractivity contribution in [3.8, 4) is 0 Å². The largest absolute Gasteiger partial charge is 0.444 e. The first-order valence-electron chi connectivity index (χ1n) is 9.09. The van der Waals surface area contributed by atoms with Gasteiger partial charge in [-0.15, -0.1) is 0 Å². The lowest BCUT2D eigenvalue weighted by atomic mass is 10.0. The van der Waals surface area contributed by atoms with E-state index >= 15 is 0 Å². The van der Waals surface area contributed by atoms with E-state index in [4.69, 9.17) is 4.74 Å². The highest BCUT2D eigenvalue weighted by molar-refractivity contribution is 5.88. The Morgan fingerprint density at radius 3 is 2.33 bits per heavy atom. The monoisotopic (exact) mass is 378 g/mol. The van der Waals surface area contributed by atoms with Gasteiger partial charge in [0.1, 0.15) is 11.6 Å². The standard InChI is InChI=1S/C21H30N2O4.2H2/c1-15(24)11-13-18(14-12-17-9-7-6-8-10-17)23-19(25)16(2)22-20(26)27-21(3,4)5;;/h6-11,13,16,18H,12,14H2,1-5H3,(H,22,26)(H,23,25);2*1H/b13-11+;;/t16-,18+;;/m0../s1. The molecule has 27 heavy (non-hydrogen) atoms. The molecule has 152 valence electrons. The summed E-state index contributed by atoms with van der Waals surface area (Å²) in [4.78, 5) is 35.5. The molecule has 0 fully saturated rings. The second kappa shape index (κ2) is 10.5. The van der Waals surface area contributed by atoms with Crippen LogP contribution in [0.5, 0.6) is 0 Å². The molecule has 2 N–H and O–H groups in total. The molecule has 0 aromatic heterocycles. The van der Waals surface area contributed by atoms with Gasteiger partial charge in [-0.3, -0.25) is 9.59 Å². The third-order valence-electron chi connectivity index (χ3n) is 3.60. The van der Waals surface area contributed by atoms with Gasteiger partial charge < -0.3 is 15.4 Å². The molecule has 6 nitrogen and oxygen atoms in total. The van der Waals surface area contributed by atoms with E-state index in [0.29, 0.717) is 6.42 Å². The number of nitrogens with one attached hydrogen (secondary N) is 2. The minimum Gasteiger partial charge on any atom is -0.444 e. The van der Waals surface area contributed by atoms with Gasteiger partial charge in [0.05, 0.1) is 0 Å². The molecule has 0 aliphatic carbocycles. The van der Waals surface area contributed by atoms with Crippen LogP contribution in [-0.2, 0) is 20.7 Å². The third-order valence-corrected chi connectivity index (χ3v) is 3.60. The summed E-state index contributed by atoms with van der Waals surface area (Å²) in [6.07, 6.45) is 3.87. The highest BCUT2D eigenvalue weighted by atomic mass is 16.6. The number of carbonyl (C=O) groups excluding carboxylic acids is 3. The summed E-state index contributed by atoms with van der Waals surface area (Å²) in [7, 11) is 0. The number of amides is 2. The Hall–Kier alpha value is -2.63. The van der Waals surface area contributed by atoms with Gasteiger partial charge in [-0.1, -0.05) is 36.4 Å². The molecule has 1 rings (SSSR count). The molecule has 0 unspecified atom stereocenters. The lowest BCUT2D eigenvalue weighted by Crippen LogP contribution is -2.48. The van der Waals surface area contributed by atoms with Gasteiger partial charge in [0.15, 0.2) is 5.78 Å². The predicted octanol–water partition coefficient (Wildman–Crippen LogP) is 3.65. The molecule has 2 amide bonds. The number of hydrogen-bond donors (Lipinski definition) is 2. The smallest absolute Gasteiger partial charge is 0.408 e. The maximum absolute atomic E-state index is 12.4. The van der Waals surface area contributed by atoms with Crippen molar-refractivity contribution < 1.29 is 22.0 Å². The van der Waals surface area contributed by atoms with E-state index in [1.165, 1.54) is 13.0 Å². The van der Waals surface area contributed by atoms with Crippen LogP contribution in [-0.4, -0.2) is 35.5 Å². The zero-order chi connectivity index (χ0) is 20.4. The van der Waals surface area contributed by atoms with E-state index in [1.54, 1.807) is 33.8 Å². The van der Waals surface area contributed by atoms with Crippen LogP contribution in [0.3, 0.4) is 0 Å². The first-order chi connectivity index (χ1) is 12.6. The van der Waals surface area contributed by atoms with Crippen LogP contribution < -0.4 is 10.6 Å². The molecule has 0 bridgehead atoms. The van der Waals surface area contributed by atoms with Crippen molar-refractivity contribution in [3.05, 3.63) is 48.0 Å². The summed E-state index contributed by atoms with van der Waals surface area (Å²) in [5, 5.41) is 5.38. The van der Waals surface area contributed by atoms with Gasteiger partial charge >= 0.3 is 6.09 Å². The number of rotatable bonds is 8. The lowest BCUT2D eigenvalue weighted by molar-refractivity contribution is -0.123. The van der Waals surface area contributed by atoms with Crippen LogP contribution in [0.4, 0.5) is 4.79 Å². The number of ether oxygens (including phenoxy) is 1. The van der Waals surface area contributed by atoms with Gasteiger partial charge in [0.25, 0.3) is 0 Å². The van der Waals surface area contributed by atoms with Crippen LogP contribution in [0.2, 0.25) is 0 Å². The minimum atomic E-state index is -0.759. The molecular formula is C21H34N2O4. The molecule has 0 heterocycles. The Morgan fingerprint density at radius 2 is 1.78 bits per heavy atom. The average molecular weight is 379 g/mol. The Kier molecular flexibility index (Phi) is 8.72. The quantitative estimate of drug-likeness (QED) is 0.676. The van der Waals surface area contributed by atoms with E-state index in [-0.39, 0.29) is 20.6 Å². The summed E-state index contributed by atoms with van der Waals surface area (Å²) in [6, 6.07) is 8.82. The zero-order valence-corrected chi connectivity index (χ0v) is 16.7. The second-order valence-corrected chi connectivity index (χ2v) is 7.48. The molecule has 0 aliphatic heterocycles. The normalized spacial score (nSPS) is 13.7. The van der Waals surface area contributed by atoms with E-state index in [0.717, 1.165) is 12.0 Å². The molecule has 0 saturated heterocycles. The van der Waals surface area contributed by atoms with Crippen LogP contribution in [0, 0.1) is 0 Å². The number of aryl methyl sites for hydroxylation is 1. The number of carbonyl (C=O) groups is 3. The number of allylic oxidation sites excluding steroid dienone is 1. The van der Waals surface area contributed by atoms with E-state index in [1.807, 2.05) is 30.3 Å². The van der Waals surface area contributed by atoms with Crippen LogP contribution in [0.15, 0.2) is 42.5 Å². The third kappa shape index (κ3) is 10.2. The molecule has 0 aliphatic rings. The topological polar surface area (TPSA) is 84.5 Å². The summed E-state index contributed by atoms with van der Waals surface area (Å²) >= 11 is 0. The van der Waals surface area contributed by atoms with Gasteiger partial charge in [-0.2, -0.15) is 0 Å². The molecule has 0 spiro atoms. The fourth-order valence-corrected chi connectivity index (χ4v) is 2.29. The summed E-state index contributed by atoms with van der Waals surface area (Å²) < 4.78 is 5.16. The van der Waals surface area contributed by atoms with Gasteiger partial charge in [-0.25, -0.2) is 4.79 Å². The minimum absolute atomic E-state index is 0. The van der Waals surface area contributed by atoms with Crippen LogP contribution >= 0.6 is 0 Å². The Morgan fingerprint density at radius 1 is 1.15 bits per heavy atom. The predicted molar refractivity (Wildman–Crippen MR) is 110 cm³/mol. The van der Waals surface area contributed by atoms with Crippen molar-refractivity contribution in [1.29, 1.82) is 0 Å². The van der Waals surface area contributed by atoms with E-state index in [9.17, 15) is 14.4 Å². The summed E-state index contributed by atoms with van der Waals surface area (Å²) in [6.45, 7) is 8.30. The molecule has 6 heteroatoms. The van der Waals surface area contributed by atoms with Crippen LogP contribution in [0.25, 0.3) is 0 Å². The number of hydrogen-bond acceptors (Lipinski definition) is 4. The number of ketones is 1. The Balaban J connectivity index is 0. The highest BCUT2D eigenvalue weighted by Crippen LogP contribution is 2.08. The van der Waals surface area contributed by atoms with Crippen molar-refractivity contribution in [2.24, 2.45) is 0 Å². The van der Waals surface area contributed by atoms with Crippen molar-refractivity contribution >= 4 is 17.8 Å². The van der Waals surface area contributed by atoms with Crippen molar-refractivity contribution in [3.63, 3.8) is 0 Å². The van der Waals surface area contributed by atoms with Crippen LogP contribution in [0.1, 0.15) is 49.5 Å². The van der Waals surface area contributed by atoms with Gasteiger partial charge in [0.2, 0.25) is 5.91 Å². The van der Waals surface area contributed by atoms with Gasteiger partial charge in [0, 0.05) is 8.90 Å². The molecular weight excluding hydrogens is 344 g/mol. The fourth-order valence-electron chi connectivity index (χ4n) is 2.29. The summed E-state index contributed by atoms with van der Waals surface area (Å²) in [5.74, 6) is -0.430. The Bertz CT molecular complexity index is 673. The lowest BCUT2D eigenvalue weighted by Gasteiger charge is -2.23. The SMILES string of the molecule is CC(=O)/C=C/[C@H](CCc1ccccc1)NC(=O)[C@H](C)NC(=O)OC(C)(C)C.[HH].[HH]. The highest BCUT2D eigenvalue weighted by Gasteiger charge is 2.22.